The maximum Gasteiger partial charge on any atom is 0.0692 e. The van der Waals surface area contributed by atoms with Gasteiger partial charge in [-0.15, -0.1) is 0 Å². The first kappa shape index (κ1) is 48.4. The third-order valence-corrected chi connectivity index (χ3v) is 18.8. The molecule has 0 aromatic heterocycles. The molecule has 0 spiro atoms. The van der Waals surface area contributed by atoms with Crippen LogP contribution < -0.4 is 9.80 Å². The van der Waals surface area contributed by atoms with E-state index in [2.05, 4.69) is 268 Å². The Kier molecular flexibility index (Phi) is 11.1. The van der Waals surface area contributed by atoms with Gasteiger partial charge < -0.3 is 9.80 Å². The second-order valence-electron chi connectivity index (χ2n) is 27.3. The number of rotatable bonds is 3. The number of nitrogens with zero attached hydrogens (tertiary/aromatic N) is 2. The lowest BCUT2D eigenvalue weighted by Gasteiger charge is -2.56. The molecule has 0 N–H and O–H groups in total. The molecule has 2 nitrogen and oxygen atoms in total. The SMILES string of the molecule is CC(C)(C)c1ccc(N2C3=CC(C4c5ccc(C(C)(C)C)cc5-c5cc(C(C)(C)C)ccc54)=CC4C3[SH](c3cc(C(C)(C)C)ccc32)c2cc(C(C)(C)C)ccc2N4c2ccc(C(C)(C)C)cc2)cc1. The van der Waals surface area contributed by atoms with Crippen LogP contribution in [0.5, 0.6) is 0 Å². The van der Waals surface area contributed by atoms with Crippen molar-refractivity contribution in [3.05, 3.63) is 189 Å². The summed E-state index contributed by atoms with van der Waals surface area (Å²) in [5.41, 5.74) is 21.9. The minimum atomic E-state index is -0.889. The van der Waals surface area contributed by atoms with E-state index in [4.69, 9.17) is 0 Å². The molecule has 2 heterocycles. The molecule has 10 rings (SSSR count). The Morgan fingerprint density at radius 2 is 0.757 bits per heavy atom. The summed E-state index contributed by atoms with van der Waals surface area (Å²) in [6.07, 6.45) is 5.41. The van der Waals surface area contributed by atoms with Gasteiger partial charge in [-0.3, -0.25) is 0 Å². The number of benzene rings is 6. The maximum atomic E-state index is 2.76. The van der Waals surface area contributed by atoms with Gasteiger partial charge in [-0.1, -0.05) is 203 Å². The monoisotopic (exact) mass is 945 g/mol. The van der Waals surface area contributed by atoms with Crippen molar-refractivity contribution in [2.75, 3.05) is 9.80 Å². The summed E-state index contributed by atoms with van der Waals surface area (Å²) in [7, 11) is -0.889. The van der Waals surface area contributed by atoms with Crippen molar-refractivity contribution in [3.63, 3.8) is 0 Å². The molecule has 2 aliphatic heterocycles. The van der Waals surface area contributed by atoms with Gasteiger partial charge in [0.05, 0.1) is 22.7 Å². The minimum absolute atomic E-state index is 0.00557. The lowest BCUT2D eigenvalue weighted by molar-refractivity contribution is 0.587. The van der Waals surface area contributed by atoms with E-state index in [0.29, 0.717) is 0 Å². The summed E-state index contributed by atoms with van der Waals surface area (Å²) in [6, 6.07) is 49.1. The van der Waals surface area contributed by atoms with Gasteiger partial charge in [0.2, 0.25) is 0 Å². The molecule has 0 fully saturated rings. The Labute approximate surface area is 425 Å². The summed E-state index contributed by atoms with van der Waals surface area (Å²) in [5.74, 6) is 0.0808. The summed E-state index contributed by atoms with van der Waals surface area (Å²) >= 11 is 0. The highest BCUT2D eigenvalue weighted by Crippen LogP contribution is 2.69. The zero-order valence-corrected chi connectivity index (χ0v) is 46.7. The lowest BCUT2D eigenvalue weighted by atomic mass is 9.81. The molecule has 3 atom stereocenters. The van der Waals surface area contributed by atoms with Gasteiger partial charge >= 0.3 is 0 Å². The molecule has 2 aliphatic carbocycles. The third kappa shape index (κ3) is 8.21. The molecule has 0 radical (unpaired) electrons. The van der Waals surface area contributed by atoms with Crippen LogP contribution in [0.3, 0.4) is 0 Å². The van der Waals surface area contributed by atoms with E-state index in [1.807, 2.05) is 0 Å². The van der Waals surface area contributed by atoms with Crippen molar-refractivity contribution in [1.29, 1.82) is 0 Å². The van der Waals surface area contributed by atoms with Gasteiger partial charge in [-0.05, 0) is 148 Å². The second-order valence-corrected chi connectivity index (χ2v) is 29.5. The Bertz CT molecular complexity index is 3040. The highest BCUT2D eigenvalue weighted by atomic mass is 32.2. The van der Waals surface area contributed by atoms with Crippen molar-refractivity contribution in [2.24, 2.45) is 0 Å². The van der Waals surface area contributed by atoms with E-state index >= 15 is 0 Å². The number of thiol groups is 1. The average molecular weight is 945 g/mol. The largest absolute Gasteiger partial charge is 0.332 e. The standard InChI is InChI=1S/C67H80N2S/c1-62(2,3)42-19-27-48(28-20-42)68-54-33-25-46(66(13,14)15)39-58(54)70-59-40-47(67(16,17)18)26-34-55(59)69(49-29-21-43(22-30-49)63(4,5)6)57-36-41(35-56(68)61(57)70)60-50-31-23-44(64(7,8)9)37-52(50)53-38-45(65(10,11)12)24-32-51(53)60/h19-40,56,60-61,70H,1-18H3. The van der Waals surface area contributed by atoms with E-state index in [9.17, 15) is 0 Å². The van der Waals surface area contributed by atoms with Crippen LogP contribution in [0.25, 0.3) is 11.1 Å². The number of fused-ring (bicyclic) bond motifs is 7. The molecular weight excluding hydrogens is 865 g/mol. The van der Waals surface area contributed by atoms with Gasteiger partial charge in [0.1, 0.15) is 0 Å². The predicted molar refractivity (Wildman–Crippen MR) is 305 cm³/mol. The molecule has 0 amide bonds. The lowest BCUT2D eigenvalue weighted by Crippen LogP contribution is -2.50. The van der Waals surface area contributed by atoms with E-state index in [1.54, 1.807) is 0 Å². The van der Waals surface area contributed by atoms with Gasteiger partial charge in [-0.2, -0.15) is 10.9 Å². The zero-order chi connectivity index (χ0) is 50.4. The molecule has 3 unspecified atom stereocenters. The molecule has 6 aromatic rings. The first-order chi connectivity index (χ1) is 32.5. The molecular formula is C67H80N2S. The Balaban J connectivity index is 1.31. The molecule has 0 saturated heterocycles. The minimum Gasteiger partial charge on any atom is -0.332 e. The van der Waals surface area contributed by atoms with Crippen molar-refractivity contribution in [1.82, 2.24) is 0 Å². The molecule has 3 heteroatoms. The summed E-state index contributed by atoms with van der Waals surface area (Å²) in [5, 5.41) is 0.181. The van der Waals surface area contributed by atoms with E-state index in [0.717, 1.165) is 0 Å². The highest BCUT2D eigenvalue weighted by molar-refractivity contribution is 8.18. The van der Waals surface area contributed by atoms with Crippen LogP contribution in [0.1, 0.15) is 175 Å². The first-order valence-corrected chi connectivity index (χ1v) is 27.5. The van der Waals surface area contributed by atoms with E-state index < -0.39 is 10.9 Å². The second kappa shape index (κ2) is 16.1. The van der Waals surface area contributed by atoms with Gasteiger partial charge in [-0.25, -0.2) is 0 Å². The molecule has 6 aromatic carbocycles. The third-order valence-electron chi connectivity index (χ3n) is 15.9. The van der Waals surface area contributed by atoms with Crippen LogP contribution in [-0.4, -0.2) is 11.3 Å². The number of anilines is 4. The Hall–Kier alpha value is -5.25. The number of hydrogen-bond donors (Lipinski definition) is 1. The number of hydrogen-bond acceptors (Lipinski definition) is 2. The van der Waals surface area contributed by atoms with Crippen LogP contribution in [0.15, 0.2) is 155 Å². The fourth-order valence-corrected chi connectivity index (χ4v) is 14.8. The number of allylic oxidation sites excluding steroid dienone is 2. The quantitative estimate of drug-likeness (QED) is 0.177. The smallest absolute Gasteiger partial charge is 0.0692 e. The summed E-state index contributed by atoms with van der Waals surface area (Å²) in [4.78, 5) is 8.43. The van der Waals surface area contributed by atoms with Crippen LogP contribution in [0, 0.1) is 0 Å². The van der Waals surface area contributed by atoms with Crippen molar-refractivity contribution >= 4 is 33.6 Å². The average Bonchev–Trinajstić information content (AvgIpc) is 3.60. The van der Waals surface area contributed by atoms with E-state index in [-0.39, 0.29) is 49.7 Å². The Morgan fingerprint density at radius 1 is 0.386 bits per heavy atom. The van der Waals surface area contributed by atoms with Crippen LogP contribution in [0.2, 0.25) is 0 Å². The van der Waals surface area contributed by atoms with Crippen molar-refractivity contribution < 1.29 is 0 Å². The molecule has 0 bridgehead atoms. The van der Waals surface area contributed by atoms with Crippen molar-refractivity contribution in [3.8, 4) is 11.1 Å². The molecule has 364 valence electrons. The first-order valence-electron chi connectivity index (χ1n) is 26.1. The predicted octanol–water partition coefficient (Wildman–Crippen LogP) is 18.6. The summed E-state index contributed by atoms with van der Waals surface area (Å²) < 4.78 is 0. The fourth-order valence-electron chi connectivity index (χ4n) is 11.5. The molecule has 0 saturated carbocycles. The summed E-state index contributed by atoms with van der Waals surface area (Å²) in [6.45, 7) is 42.3. The fraction of sp³-hybridized carbons (Fsp3) is 0.403. The molecule has 4 aliphatic rings. The van der Waals surface area contributed by atoms with Crippen molar-refractivity contribution in [2.45, 2.75) is 184 Å². The van der Waals surface area contributed by atoms with Crippen LogP contribution in [-0.2, 0) is 32.5 Å². The van der Waals surface area contributed by atoms with Gasteiger partial charge in [0.25, 0.3) is 0 Å². The van der Waals surface area contributed by atoms with Crippen LogP contribution >= 0.6 is 10.9 Å². The normalized spacial score (nSPS) is 19.7. The van der Waals surface area contributed by atoms with E-state index in [1.165, 1.54) is 99.4 Å². The van der Waals surface area contributed by atoms with Gasteiger partial charge in [0.15, 0.2) is 0 Å². The maximum absolute atomic E-state index is 2.76. The molecule has 70 heavy (non-hydrogen) atoms. The topological polar surface area (TPSA) is 6.48 Å². The Morgan fingerprint density at radius 3 is 1.20 bits per heavy atom. The van der Waals surface area contributed by atoms with Crippen LogP contribution in [0.4, 0.5) is 22.7 Å². The highest BCUT2D eigenvalue weighted by Gasteiger charge is 2.50. The zero-order valence-electron chi connectivity index (χ0n) is 45.8. The van der Waals surface area contributed by atoms with Gasteiger partial charge in [0, 0.05) is 32.8 Å².